The lowest BCUT2D eigenvalue weighted by Gasteiger charge is -2.38. The van der Waals surface area contributed by atoms with Crippen molar-refractivity contribution in [1.82, 2.24) is 4.65 Å². The molecule has 0 saturated carbocycles. The maximum atomic E-state index is 12.3. The van der Waals surface area contributed by atoms with Crippen LogP contribution in [0.5, 0.6) is 0 Å². The minimum Gasteiger partial charge on any atom is -0.627 e. The van der Waals surface area contributed by atoms with Gasteiger partial charge in [-0.15, -0.1) is 0 Å². The van der Waals surface area contributed by atoms with E-state index in [2.05, 4.69) is 19.9 Å². The molecule has 1 fully saturated rings. The quantitative estimate of drug-likeness (QED) is 0.494. The lowest BCUT2D eigenvalue weighted by atomic mass is 10.1. The second-order valence-corrected chi connectivity index (χ2v) is 4.39. The van der Waals surface area contributed by atoms with Gasteiger partial charge in [0.05, 0.1) is 13.1 Å². The normalized spacial score (nSPS) is 19.9. The van der Waals surface area contributed by atoms with E-state index >= 15 is 0 Å². The predicted molar refractivity (Wildman–Crippen MR) is 60.0 cm³/mol. The molecule has 1 aromatic carbocycles. The molecular formula is C12H17NO. The van der Waals surface area contributed by atoms with Crippen LogP contribution in [0.4, 0.5) is 5.69 Å². The van der Waals surface area contributed by atoms with Gasteiger partial charge in [0.1, 0.15) is 5.69 Å². The van der Waals surface area contributed by atoms with E-state index in [1.807, 2.05) is 12.1 Å². The summed E-state index contributed by atoms with van der Waals surface area (Å²) in [7, 11) is 0. The summed E-state index contributed by atoms with van der Waals surface area (Å²) in [6.07, 6.45) is 2.13. The van der Waals surface area contributed by atoms with E-state index < -0.39 is 0 Å². The minimum absolute atomic E-state index is 0.109. The van der Waals surface area contributed by atoms with E-state index in [1.165, 1.54) is 11.1 Å². The SMILES string of the molecule is Cc1cc(C)cc([N+]2([O-])CCCC2)c1. The maximum absolute atomic E-state index is 12.3. The fraction of sp³-hybridized carbons (Fsp3) is 0.500. The Hall–Kier alpha value is -0.860. The van der Waals surface area contributed by atoms with Gasteiger partial charge in [-0.1, -0.05) is 6.07 Å². The molecule has 76 valence electrons. The van der Waals surface area contributed by atoms with Crippen molar-refractivity contribution in [2.75, 3.05) is 13.1 Å². The highest BCUT2D eigenvalue weighted by Gasteiger charge is 2.25. The molecule has 14 heavy (non-hydrogen) atoms. The van der Waals surface area contributed by atoms with Gasteiger partial charge in [0, 0.05) is 25.0 Å². The van der Waals surface area contributed by atoms with Crippen LogP contribution in [0.2, 0.25) is 0 Å². The molecule has 0 radical (unpaired) electrons. The zero-order valence-electron chi connectivity index (χ0n) is 8.92. The molecule has 0 aromatic heterocycles. The van der Waals surface area contributed by atoms with Crippen LogP contribution in [0.25, 0.3) is 0 Å². The van der Waals surface area contributed by atoms with Gasteiger partial charge in [0.15, 0.2) is 0 Å². The van der Waals surface area contributed by atoms with Crippen molar-refractivity contribution < 1.29 is 0 Å². The second kappa shape index (κ2) is 3.37. The molecule has 2 rings (SSSR count). The lowest BCUT2D eigenvalue weighted by molar-refractivity contribution is 0.455. The number of nitrogens with zero attached hydrogens (tertiary/aromatic N) is 1. The summed E-state index contributed by atoms with van der Waals surface area (Å²) < 4.78 is -0.109. The fourth-order valence-corrected chi connectivity index (χ4v) is 2.29. The second-order valence-electron chi connectivity index (χ2n) is 4.39. The average Bonchev–Trinajstić information content (AvgIpc) is 2.52. The van der Waals surface area contributed by atoms with Gasteiger partial charge in [0.25, 0.3) is 0 Å². The number of rotatable bonds is 1. The Labute approximate surface area is 85.3 Å². The first-order valence-electron chi connectivity index (χ1n) is 5.27. The molecule has 2 heteroatoms. The Kier molecular flexibility index (Phi) is 2.33. The number of hydroxylamine groups is 2. The molecule has 2 nitrogen and oxygen atoms in total. The summed E-state index contributed by atoms with van der Waals surface area (Å²) in [6.45, 7) is 5.61. The summed E-state index contributed by atoms with van der Waals surface area (Å²) in [6, 6.07) is 6.18. The standard InChI is InChI=1S/C12H17NO/c1-10-7-11(2)9-12(8-10)13(14)5-3-4-6-13/h7-9H,3-6H2,1-2H3. The number of quaternary nitrogens is 1. The van der Waals surface area contributed by atoms with E-state index in [-0.39, 0.29) is 4.65 Å². The van der Waals surface area contributed by atoms with Gasteiger partial charge in [-0.05, 0) is 25.0 Å². The molecule has 1 aliphatic heterocycles. The van der Waals surface area contributed by atoms with Crippen LogP contribution in [0.15, 0.2) is 18.2 Å². The molecule has 0 bridgehead atoms. The first kappa shape index (κ1) is 9.69. The van der Waals surface area contributed by atoms with Gasteiger partial charge in [-0.25, -0.2) is 0 Å². The van der Waals surface area contributed by atoms with E-state index in [0.29, 0.717) is 0 Å². The van der Waals surface area contributed by atoms with Gasteiger partial charge in [0.2, 0.25) is 0 Å². The highest BCUT2D eigenvalue weighted by atomic mass is 16.5. The van der Waals surface area contributed by atoms with Crippen LogP contribution in [-0.4, -0.2) is 13.1 Å². The van der Waals surface area contributed by atoms with Gasteiger partial charge < -0.3 is 9.85 Å². The van der Waals surface area contributed by atoms with Crippen LogP contribution in [0.1, 0.15) is 24.0 Å². The zero-order valence-corrected chi connectivity index (χ0v) is 8.92. The molecular weight excluding hydrogens is 174 g/mol. The maximum Gasteiger partial charge on any atom is 0.133 e. The molecule has 1 aromatic rings. The van der Waals surface area contributed by atoms with E-state index in [4.69, 9.17) is 0 Å². The summed E-state index contributed by atoms with van der Waals surface area (Å²) in [5.41, 5.74) is 3.33. The van der Waals surface area contributed by atoms with Crippen molar-refractivity contribution in [2.24, 2.45) is 0 Å². The molecule has 0 unspecified atom stereocenters. The Balaban J connectivity index is 2.40. The van der Waals surface area contributed by atoms with Gasteiger partial charge in [-0.2, -0.15) is 0 Å². The molecule has 1 aliphatic rings. The van der Waals surface area contributed by atoms with Crippen LogP contribution in [0.3, 0.4) is 0 Å². The Morgan fingerprint density at radius 2 is 1.50 bits per heavy atom. The fourth-order valence-electron chi connectivity index (χ4n) is 2.29. The number of benzene rings is 1. The highest BCUT2D eigenvalue weighted by molar-refractivity contribution is 5.49. The monoisotopic (exact) mass is 191 g/mol. The third-order valence-corrected chi connectivity index (χ3v) is 2.97. The summed E-state index contributed by atoms with van der Waals surface area (Å²) in [5, 5.41) is 12.3. The summed E-state index contributed by atoms with van der Waals surface area (Å²) in [5.74, 6) is 0. The third-order valence-electron chi connectivity index (χ3n) is 2.97. The van der Waals surface area contributed by atoms with Crippen LogP contribution < -0.4 is 4.65 Å². The summed E-state index contributed by atoms with van der Waals surface area (Å²) >= 11 is 0. The first-order valence-corrected chi connectivity index (χ1v) is 5.27. The molecule has 0 atom stereocenters. The lowest BCUT2D eigenvalue weighted by Crippen LogP contribution is -2.39. The molecule has 0 spiro atoms. The number of hydrogen-bond acceptors (Lipinski definition) is 1. The molecule has 0 aliphatic carbocycles. The van der Waals surface area contributed by atoms with Crippen LogP contribution >= 0.6 is 0 Å². The Morgan fingerprint density at radius 1 is 1.00 bits per heavy atom. The summed E-state index contributed by atoms with van der Waals surface area (Å²) in [4.78, 5) is 0. The molecule has 1 heterocycles. The van der Waals surface area contributed by atoms with E-state index in [9.17, 15) is 5.21 Å². The largest absolute Gasteiger partial charge is 0.627 e. The average molecular weight is 191 g/mol. The van der Waals surface area contributed by atoms with Gasteiger partial charge >= 0.3 is 0 Å². The molecule has 0 N–H and O–H groups in total. The number of aryl methyl sites for hydroxylation is 2. The van der Waals surface area contributed by atoms with Crippen molar-refractivity contribution in [3.8, 4) is 0 Å². The van der Waals surface area contributed by atoms with Crippen molar-refractivity contribution in [1.29, 1.82) is 0 Å². The predicted octanol–water partition coefficient (Wildman–Crippen LogP) is 2.90. The third kappa shape index (κ3) is 1.68. The Morgan fingerprint density at radius 3 is 2.00 bits per heavy atom. The van der Waals surface area contributed by atoms with Crippen molar-refractivity contribution in [3.05, 3.63) is 34.5 Å². The molecule has 0 amide bonds. The van der Waals surface area contributed by atoms with Crippen molar-refractivity contribution >= 4 is 5.69 Å². The van der Waals surface area contributed by atoms with Crippen LogP contribution in [0, 0.1) is 19.1 Å². The van der Waals surface area contributed by atoms with Crippen molar-refractivity contribution in [3.63, 3.8) is 0 Å². The van der Waals surface area contributed by atoms with Crippen LogP contribution in [-0.2, 0) is 0 Å². The van der Waals surface area contributed by atoms with Crippen molar-refractivity contribution in [2.45, 2.75) is 26.7 Å². The van der Waals surface area contributed by atoms with E-state index in [1.54, 1.807) is 0 Å². The Bertz CT molecular complexity index is 320. The molecule has 1 saturated heterocycles. The van der Waals surface area contributed by atoms with E-state index in [0.717, 1.165) is 31.6 Å². The van der Waals surface area contributed by atoms with Gasteiger partial charge in [-0.3, -0.25) is 0 Å². The topological polar surface area (TPSA) is 23.1 Å². The zero-order chi connectivity index (χ0) is 10.2. The smallest absolute Gasteiger partial charge is 0.133 e. The minimum atomic E-state index is -0.109. The first-order chi connectivity index (χ1) is 6.60. The highest BCUT2D eigenvalue weighted by Crippen LogP contribution is 2.29. The number of hydrogen-bond donors (Lipinski definition) is 0.